The fourth-order valence-corrected chi connectivity index (χ4v) is 3.83. The molecule has 0 spiro atoms. The lowest BCUT2D eigenvalue weighted by molar-refractivity contribution is 0.198. The van der Waals surface area contributed by atoms with Gasteiger partial charge in [0.1, 0.15) is 12.1 Å². The van der Waals surface area contributed by atoms with Gasteiger partial charge in [0.25, 0.3) is 5.56 Å². The van der Waals surface area contributed by atoms with Crippen molar-refractivity contribution in [1.82, 2.24) is 19.9 Å². The fourth-order valence-electron chi connectivity index (χ4n) is 3.83. The Balaban J connectivity index is 1.55. The summed E-state index contributed by atoms with van der Waals surface area (Å²) in [6.07, 6.45) is 5.64. The maximum Gasteiger partial charge on any atom is 0.252 e. The van der Waals surface area contributed by atoms with E-state index in [9.17, 15) is 4.79 Å². The van der Waals surface area contributed by atoms with Gasteiger partial charge in [-0.05, 0) is 56.6 Å². The molecule has 3 heterocycles. The van der Waals surface area contributed by atoms with Crippen molar-refractivity contribution in [3.8, 4) is 5.75 Å². The Morgan fingerprint density at radius 2 is 2.22 bits per heavy atom. The highest BCUT2D eigenvalue weighted by Crippen LogP contribution is 2.26. The molecule has 6 heteroatoms. The van der Waals surface area contributed by atoms with Crippen LogP contribution in [0.2, 0.25) is 0 Å². The minimum atomic E-state index is -0.0178. The minimum Gasteiger partial charge on any atom is -0.494 e. The molecular weight excluding hydrogens is 340 g/mol. The van der Waals surface area contributed by atoms with Crippen LogP contribution in [0.3, 0.4) is 0 Å². The predicted octanol–water partition coefficient (Wildman–Crippen LogP) is 3.10. The van der Waals surface area contributed by atoms with Gasteiger partial charge < -0.3 is 9.72 Å². The number of ether oxygens (including phenoxy) is 1. The number of benzene rings is 1. The van der Waals surface area contributed by atoms with Crippen molar-refractivity contribution in [2.45, 2.75) is 32.2 Å². The molecule has 1 aromatic carbocycles. The van der Waals surface area contributed by atoms with Crippen LogP contribution in [-0.2, 0) is 6.54 Å². The van der Waals surface area contributed by atoms with Crippen LogP contribution in [0.1, 0.15) is 36.9 Å². The maximum absolute atomic E-state index is 12.5. The number of aromatic amines is 1. The number of hydrogen-bond acceptors (Lipinski definition) is 5. The van der Waals surface area contributed by atoms with Gasteiger partial charge >= 0.3 is 0 Å². The van der Waals surface area contributed by atoms with Gasteiger partial charge in [0.05, 0.1) is 6.61 Å². The quantitative estimate of drug-likeness (QED) is 0.753. The van der Waals surface area contributed by atoms with Crippen LogP contribution in [0.15, 0.2) is 47.7 Å². The molecule has 0 bridgehead atoms. The number of pyridine rings is 1. The molecule has 2 aromatic heterocycles. The largest absolute Gasteiger partial charge is 0.494 e. The smallest absolute Gasteiger partial charge is 0.252 e. The molecule has 140 valence electrons. The van der Waals surface area contributed by atoms with Gasteiger partial charge in [-0.3, -0.25) is 9.69 Å². The molecule has 6 nitrogen and oxygen atoms in total. The molecule has 27 heavy (non-hydrogen) atoms. The van der Waals surface area contributed by atoms with Crippen LogP contribution < -0.4 is 10.3 Å². The first kappa shape index (κ1) is 17.7. The normalized spacial score (nSPS) is 17.9. The second-order valence-electron chi connectivity index (χ2n) is 7.01. The van der Waals surface area contributed by atoms with Crippen molar-refractivity contribution >= 4 is 10.9 Å². The van der Waals surface area contributed by atoms with Crippen molar-refractivity contribution in [1.29, 1.82) is 0 Å². The van der Waals surface area contributed by atoms with Gasteiger partial charge in [0, 0.05) is 47.4 Å². The number of nitrogens with one attached hydrogen (secondary N) is 1. The van der Waals surface area contributed by atoms with Crippen molar-refractivity contribution in [3.05, 3.63) is 64.5 Å². The van der Waals surface area contributed by atoms with Gasteiger partial charge in [-0.25, -0.2) is 9.97 Å². The van der Waals surface area contributed by atoms with Crippen LogP contribution >= 0.6 is 0 Å². The van der Waals surface area contributed by atoms with E-state index in [2.05, 4.69) is 19.9 Å². The van der Waals surface area contributed by atoms with Gasteiger partial charge in [0.2, 0.25) is 0 Å². The molecule has 1 atom stereocenters. The van der Waals surface area contributed by atoms with E-state index in [1.165, 1.54) is 0 Å². The van der Waals surface area contributed by atoms with E-state index in [4.69, 9.17) is 4.74 Å². The zero-order chi connectivity index (χ0) is 18.6. The first-order chi connectivity index (χ1) is 13.2. The Morgan fingerprint density at radius 3 is 3.04 bits per heavy atom. The van der Waals surface area contributed by atoms with Gasteiger partial charge in [0.15, 0.2) is 0 Å². The molecule has 0 saturated carbocycles. The first-order valence-electron chi connectivity index (χ1n) is 9.50. The lowest BCUT2D eigenvalue weighted by Crippen LogP contribution is -2.35. The van der Waals surface area contributed by atoms with E-state index in [1.807, 2.05) is 37.3 Å². The minimum absolute atomic E-state index is 0.0178. The Bertz CT molecular complexity index is 971. The zero-order valence-electron chi connectivity index (χ0n) is 15.5. The molecular formula is C21H24N4O2. The highest BCUT2D eigenvalue weighted by molar-refractivity contribution is 5.80. The van der Waals surface area contributed by atoms with Crippen molar-refractivity contribution in [2.24, 2.45) is 0 Å². The summed E-state index contributed by atoms with van der Waals surface area (Å²) in [6.45, 7) is 5.14. The lowest BCUT2D eigenvalue weighted by Gasteiger charge is -2.32. The van der Waals surface area contributed by atoms with E-state index in [0.29, 0.717) is 19.1 Å². The Kier molecular flexibility index (Phi) is 5.16. The second-order valence-corrected chi connectivity index (χ2v) is 7.01. The van der Waals surface area contributed by atoms with Gasteiger partial charge in [-0.15, -0.1) is 0 Å². The Hall–Kier alpha value is -2.73. The van der Waals surface area contributed by atoms with Crippen molar-refractivity contribution < 1.29 is 4.74 Å². The number of rotatable bonds is 5. The summed E-state index contributed by atoms with van der Waals surface area (Å²) in [5.74, 6) is 1.22. The van der Waals surface area contributed by atoms with Crippen LogP contribution in [0.5, 0.6) is 5.75 Å². The van der Waals surface area contributed by atoms with E-state index >= 15 is 0 Å². The van der Waals surface area contributed by atoms with E-state index in [0.717, 1.165) is 53.8 Å². The monoisotopic (exact) mass is 364 g/mol. The summed E-state index contributed by atoms with van der Waals surface area (Å²) in [4.78, 5) is 26.3. The molecule has 1 aliphatic rings. The van der Waals surface area contributed by atoms with Crippen molar-refractivity contribution in [3.63, 3.8) is 0 Å². The third-order valence-corrected chi connectivity index (χ3v) is 5.13. The number of fused-ring (bicyclic) bond motifs is 1. The van der Waals surface area contributed by atoms with Crippen LogP contribution in [0.25, 0.3) is 10.9 Å². The third kappa shape index (κ3) is 4.01. The van der Waals surface area contributed by atoms with Gasteiger partial charge in [-0.1, -0.05) is 0 Å². The second kappa shape index (κ2) is 7.88. The summed E-state index contributed by atoms with van der Waals surface area (Å²) in [5, 5.41) is 1.000. The van der Waals surface area contributed by atoms with Crippen LogP contribution in [0, 0.1) is 0 Å². The summed E-state index contributed by atoms with van der Waals surface area (Å²) in [6, 6.07) is 9.76. The summed E-state index contributed by atoms with van der Waals surface area (Å²) in [5.41, 5.74) is 2.70. The molecule has 0 aliphatic carbocycles. The van der Waals surface area contributed by atoms with E-state index < -0.39 is 0 Å². The molecule has 1 fully saturated rings. The highest BCUT2D eigenvalue weighted by atomic mass is 16.5. The third-order valence-electron chi connectivity index (χ3n) is 5.13. The highest BCUT2D eigenvalue weighted by Gasteiger charge is 2.23. The van der Waals surface area contributed by atoms with E-state index in [-0.39, 0.29) is 5.56 Å². The average molecular weight is 364 g/mol. The summed E-state index contributed by atoms with van der Waals surface area (Å²) in [7, 11) is 0. The first-order valence-corrected chi connectivity index (χ1v) is 9.50. The SMILES string of the molecule is CCOc1ccc2[nH]c(=O)c(CN3CCC[C@H](c4ccncn4)C3)cc2c1. The topological polar surface area (TPSA) is 71.1 Å². The summed E-state index contributed by atoms with van der Waals surface area (Å²) < 4.78 is 5.58. The molecule has 0 unspecified atom stereocenters. The zero-order valence-corrected chi connectivity index (χ0v) is 15.5. The van der Waals surface area contributed by atoms with Crippen molar-refractivity contribution in [2.75, 3.05) is 19.7 Å². The number of H-pyrrole nitrogens is 1. The van der Waals surface area contributed by atoms with Gasteiger partial charge in [-0.2, -0.15) is 0 Å². The number of piperidine rings is 1. The van der Waals surface area contributed by atoms with E-state index in [1.54, 1.807) is 12.5 Å². The molecule has 0 radical (unpaired) electrons. The Morgan fingerprint density at radius 1 is 1.30 bits per heavy atom. The molecule has 1 N–H and O–H groups in total. The lowest BCUT2D eigenvalue weighted by atomic mass is 9.94. The summed E-state index contributed by atoms with van der Waals surface area (Å²) >= 11 is 0. The number of nitrogens with zero attached hydrogens (tertiary/aromatic N) is 3. The van der Waals surface area contributed by atoms with Crippen LogP contribution in [-0.4, -0.2) is 39.5 Å². The molecule has 1 saturated heterocycles. The molecule has 0 amide bonds. The molecule has 1 aliphatic heterocycles. The molecule has 4 rings (SSSR count). The maximum atomic E-state index is 12.5. The average Bonchev–Trinajstić information content (AvgIpc) is 2.70. The fraction of sp³-hybridized carbons (Fsp3) is 0.381. The Labute approximate surface area is 158 Å². The predicted molar refractivity (Wildman–Crippen MR) is 105 cm³/mol. The molecule has 3 aromatic rings. The number of hydrogen-bond donors (Lipinski definition) is 1. The standard InChI is InChI=1S/C21H24N4O2/c1-2-27-18-5-6-20-16(11-18)10-17(21(26)24-20)13-25-9-3-4-15(12-25)19-7-8-22-14-23-19/h5-8,10-11,14-15H,2-4,9,12-13H2,1H3,(H,24,26)/t15-/m0/s1. The van der Waals surface area contributed by atoms with Crippen LogP contribution in [0.4, 0.5) is 0 Å². The number of aromatic nitrogens is 3. The number of likely N-dealkylation sites (tertiary alicyclic amines) is 1.